The fourth-order valence-electron chi connectivity index (χ4n) is 1.27. The summed E-state index contributed by atoms with van der Waals surface area (Å²) in [6.07, 6.45) is 0. The van der Waals surface area contributed by atoms with Crippen molar-refractivity contribution in [3.8, 4) is 5.75 Å². The van der Waals surface area contributed by atoms with Gasteiger partial charge in [0.25, 0.3) is 0 Å². The van der Waals surface area contributed by atoms with Crippen molar-refractivity contribution < 1.29 is 4.74 Å². The maximum Gasteiger partial charge on any atom is 0.343 e. The highest BCUT2D eigenvalue weighted by Crippen LogP contribution is 2.13. The number of aromatic amines is 1. The maximum absolute atomic E-state index is 11.1. The summed E-state index contributed by atoms with van der Waals surface area (Å²) in [5, 5.41) is 6.96. The zero-order chi connectivity index (χ0) is 12.1. The summed E-state index contributed by atoms with van der Waals surface area (Å²) in [6, 6.07) is 9.63. The third kappa shape index (κ3) is 3.13. The lowest BCUT2D eigenvalue weighted by molar-refractivity contribution is 0.344. The highest BCUT2D eigenvalue weighted by atomic mass is 32.2. The second kappa shape index (κ2) is 5.58. The number of para-hydroxylation sites is 1. The van der Waals surface area contributed by atoms with E-state index in [2.05, 4.69) is 10.2 Å². The van der Waals surface area contributed by atoms with Crippen LogP contribution in [0.25, 0.3) is 0 Å². The van der Waals surface area contributed by atoms with Crippen molar-refractivity contribution in [3.63, 3.8) is 0 Å². The number of nitrogens with one attached hydrogen (secondary N) is 1. The first-order chi connectivity index (χ1) is 8.27. The number of H-pyrrole nitrogens is 1. The lowest BCUT2D eigenvalue weighted by atomic mass is 10.3. The molecule has 0 saturated heterocycles. The van der Waals surface area contributed by atoms with Gasteiger partial charge in [-0.05, 0) is 12.1 Å². The molecule has 17 heavy (non-hydrogen) atoms. The average molecular weight is 251 g/mol. The highest BCUT2D eigenvalue weighted by molar-refractivity contribution is 7.99. The summed E-state index contributed by atoms with van der Waals surface area (Å²) in [7, 11) is 1.69. The fourth-order valence-corrected chi connectivity index (χ4v) is 2.01. The van der Waals surface area contributed by atoms with E-state index in [1.165, 1.54) is 16.3 Å². The minimum Gasteiger partial charge on any atom is -0.493 e. The Balaban J connectivity index is 1.77. The summed E-state index contributed by atoms with van der Waals surface area (Å²) < 4.78 is 7.01. The molecule has 0 radical (unpaired) electrons. The molecule has 0 fully saturated rings. The van der Waals surface area contributed by atoms with Crippen molar-refractivity contribution in [2.45, 2.75) is 5.16 Å². The monoisotopic (exact) mass is 251 g/mol. The van der Waals surface area contributed by atoms with Crippen LogP contribution in [-0.4, -0.2) is 27.1 Å². The molecule has 1 aromatic carbocycles. The van der Waals surface area contributed by atoms with Crippen LogP contribution in [0.4, 0.5) is 0 Å². The van der Waals surface area contributed by atoms with Crippen molar-refractivity contribution in [1.82, 2.24) is 14.8 Å². The molecule has 0 aliphatic heterocycles. The predicted octanol–water partition coefficient (Wildman–Crippen LogP) is 1.28. The average Bonchev–Trinajstić information content (AvgIpc) is 2.67. The molecule has 2 aromatic rings. The molecular formula is C11H13N3O2S. The van der Waals surface area contributed by atoms with E-state index in [9.17, 15) is 4.79 Å². The number of rotatable bonds is 5. The van der Waals surface area contributed by atoms with Crippen LogP contribution in [0.2, 0.25) is 0 Å². The minimum absolute atomic E-state index is 0.198. The normalized spacial score (nSPS) is 10.4. The molecule has 0 aliphatic rings. The van der Waals surface area contributed by atoms with Gasteiger partial charge in [-0.1, -0.05) is 30.0 Å². The van der Waals surface area contributed by atoms with Gasteiger partial charge >= 0.3 is 5.69 Å². The zero-order valence-electron chi connectivity index (χ0n) is 9.42. The molecule has 1 N–H and O–H groups in total. The van der Waals surface area contributed by atoms with Crippen LogP contribution in [0, 0.1) is 0 Å². The molecule has 2 rings (SSSR count). The van der Waals surface area contributed by atoms with Gasteiger partial charge in [0.05, 0.1) is 6.61 Å². The van der Waals surface area contributed by atoms with Crippen LogP contribution in [0.1, 0.15) is 0 Å². The molecule has 0 spiro atoms. The third-order valence-corrected chi connectivity index (χ3v) is 3.16. The molecule has 0 unspecified atom stereocenters. The van der Waals surface area contributed by atoms with Gasteiger partial charge < -0.3 is 4.74 Å². The Labute approximate surface area is 103 Å². The summed E-state index contributed by atoms with van der Waals surface area (Å²) in [5.74, 6) is 1.59. The van der Waals surface area contributed by atoms with Crippen LogP contribution in [-0.2, 0) is 7.05 Å². The molecule has 0 bridgehead atoms. The van der Waals surface area contributed by atoms with Crippen LogP contribution in [0.5, 0.6) is 5.75 Å². The van der Waals surface area contributed by atoms with E-state index < -0.39 is 0 Å². The number of hydrogen-bond acceptors (Lipinski definition) is 4. The Kier molecular flexibility index (Phi) is 3.87. The first-order valence-corrected chi connectivity index (χ1v) is 6.18. The molecule has 0 atom stereocenters. The maximum atomic E-state index is 11.1. The Morgan fingerprint density at radius 1 is 1.41 bits per heavy atom. The number of nitrogens with zero attached hydrogens (tertiary/aromatic N) is 2. The fraction of sp³-hybridized carbons (Fsp3) is 0.273. The smallest absolute Gasteiger partial charge is 0.343 e. The van der Waals surface area contributed by atoms with E-state index in [-0.39, 0.29) is 5.69 Å². The molecule has 5 nitrogen and oxygen atoms in total. The van der Waals surface area contributed by atoms with E-state index in [1.807, 2.05) is 30.3 Å². The molecule has 90 valence electrons. The molecule has 0 amide bonds. The molecule has 0 saturated carbocycles. The predicted molar refractivity (Wildman–Crippen MR) is 66.5 cm³/mol. The van der Waals surface area contributed by atoms with Gasteiger partial charge in [0, 0.05) is 12.8 Å². The van der Waals surface area contributed by atoms with Crippen LogP contribution in [0.3, 0.4) is 0 Å². The van der Waals surface area contributed by atoms with Gasteiger partial charge in [0.1, 0.15) is 5.75 Å². The van der Waals surface area contributed by atoms with Crippen molar-refractivity contribution in [2.75, 3.05) is 12.4 Å². The van der Waals surface area contributed by atoms with Gasteiger partial charge in [0.15, 0.2) is 5.16 Å². The van der Waals surface area contributed by atoms with E-state index in [4.69, 9.17) is 4.74 Å². The molecule has 1 heterocycles. The minimum atomic E-state index is -0.198. The van der Waals surface area contributed by atoms with Crippen molar-refractivity contribution in [2.24, 2.45) is 7.05 Å². The number of hydrogen-bond donors (Lipinski definition) is 1. The Morgan fingerprint density at radius 3 is 2.82 bits per heavy atom. The quantitative estimate of drug-likeness (QED) is 0.642. The summed E-state index contributed by atoms with van der Waals surface area (Å²) in [5.41, 5.74) is -0.198. The lowest BCUT2D eigenvalue weighted by Gasteiger charge is -2.04. The summed E-state index contributed by atoms with van der Waals surface area (Å²) >= 11 is 1.48. The van der Waals surface area contributed by atoms with Gasteiger partial charge in [-0.3, -0.25) is 4.57 Å². The van der Waals surface area contributed by atoms with Crippen molar-refractivity contribution >= 4 is 11.8 Å². The number of benzene rings is 1. The number of ether oxygens (including phenoxy) is 1. The molecule has 6 heteroatoms. The Morgan fingerprint density at radius 2 is 2.18 bits per heavy atom. The second-order valence-electron chi connectivity index (χ2n) is 3.38. The van der Waals surface area contributed by atoms with Crippen LogP contribution >= 0.6 is 11.8 Å². The molecule has 0 aliphatic carbocycles. The standard InChI is InChI=1S/C11H13N3O2S/c1-14-10(15)12-13-11(14)17-8-7-16-9-5-3-2-4-6-9/h2-6H,7-8H2,1H3,(H,12,15). The van der Waals surface area contributed by atoms with Gasteiger partial charge in [-0.2, -0.15) is 0 Å². The van der Waals surface area contributed by atoms with Crippen molar-refractivity contribution in [3.05, 3.63) is 40.8 Å². The third-order valence-electron chi connectivity index (χ3n) is 2.17. The summed E-state index contributed by atoms with van der Waals surface area (Å²) in [6.45, 7) is 0.579. The van der Waals surface area contributed by atoms with E-state index in [0.717, 1.165) is 11.5 Å². The first-order valence-electron chi connectivity index (χ1n) is 5.19. The molecule has 1 aromatic heterocycles. The largest absolute Gasteiger partial charge is 0.493 e. The lowest BCUT2D eigenvalue weighted by Crippen LogP contribution is -2.13. The number of thioether (sulfide) groups is 1. The van der Waals surface area contributed by atoms with Gasteiger partial charge in [-0.15, -0.1) is 5.10 Å². The summed E-state index contributed by atoms with van der Waals surface area (Å²) in [4.78, 5) is 11.1. The molecular weight excluding hydrogens is 238 g/mol. The topological polar surface area (TPSA) is 59.9 Å². The zero-order valence-corrected chi connectivity index (χ0v) is 10.2. The van der Waals surface area contributed by atoms with Gasteiger partial charge in [0.2, 0.25) is 0 Å². The SMILES string of the molecule is Cn1c(SCCOc2ccccc2)n[nH]c1=O. The highest BCUT2D eigenvalue weighted by Gasteiger charge is 2.03. The Hall–Kier alpha value is -1.69. The van der Waals surface area contributed by atoms with Crippen LogP contribution in [0.15, 0.2) is 40.3 Å². The number of aromatic nitrogens is 3. The van der Waals surface area contributed by atoms with Gasteiger partial charge in [-0.25, -0.2) is 9.89 Å². The van der Waals surface area contributed by atoms with E-state index >= 15 is 0 Å². The van der Waals surface area contributed by atoms with Crippen LogP contribution < -0.4 is 10.4 Å². The second-order valence-corrected chi connectivity index (χ2v) is 4.44. The van der Waals surface area contributed by atoms with E-state index in [1.54, 1.807) is 7.05 Å². The Bertz CT molecular complexity index is 521. The first kappa shape index (κ1) is 11.8. The van der Waals surface area contributed by atoms with E-state index in [0.29, 0.717) is 11.8 Å². The van der Waals surface area contributed by atoms with Crippen molar-refractivity contribution in [1.29, 1.82) is 0 Å².